The first-order chi connectivity index (χ1) is 11.0. The average Bonchev–Trinajstić information content (AvgIpc) is 2.99. The maximum Gasteiger partial charge on any atom is 0.260 e. The first kappa shape index (κ1) is 15.8. The van der Waals surface area contributed by atoms with Crippen LogP contribution >= 0.6 is 0 Å². The van der Waals surface area contributed by atoms with Gasteiger partial charge >= 0.3 is 0 Å². The molecule has 0 radical (unpaired) electrons. The summed E-state index contributed by atoms with van der Waals surface area (Å²) in [7, 11) is 0. The van der Waals surface area contributed by atoms with Crippen molar-refractivity contribution in [3.63, 3.8) is 0 Å². The topological polar surface area (TPSA) is 73.5 Å². The van der Waals surface area contributed by atoms with Crippen molar-refractivity contribution in [3.8, 4) is 0 Å². The molecule has 2 heterocycles. The maximum atomic E-state index is 12.7. The van der Waals surface area contributed by atoms with Gasteiger partial charge < -0.3 is 14.8 Å². The van der Waals surface area contributed by atoms with Crippen LogP contribution < -0.4 is 5.43 Å². The Hall–Kier alpha value is -2.11. The molecule has 2 aliphatic rings. The van der Waals surface area contributed by atoms with Gasteiger partial charge in [0.1, 0.15) is 12.1 Å². The Bertz CT molecular complexity index is 689. The summed E-state index contributed by atoms with van der Waals surface area (Å²) in [5.41, 5.74) is 1.16. The molecule has 0 unspecified atom stereocenters. The van der Waals surface area contributed by atoms with Crippen LogP contribution in [-0.4, -0.2) is 52.3 Å². The lowest BCUT2D eigenvalue weighted by atomic mass is 10.1. The first-order valence-electron chi connectivity index (χ1n) is 8.26. The van der Waals surface area contributed by atoms with E-state index in [1.807, 2.05) is 4.90 Å². The molecule has 1 aliphatic heterocycles. The summed E-state index contributed by atoms with van der Waals surface area (Å²) in [5, 5.41) is 0. The van der Waals surface area contributed by atoms with Crippen molar-refractivity contribution in [2.75, 3.05) is 19.6 Å². The second kappa shape index (κ2) is 6.18. The summed E-state index contributed by atoms with van der Waals surface area (Å²) in [5.74, 6) is -0.346. The molecule has 1 aliphatic carbocycles. The number of pyridine rings is 1. The monoisotopic (exact) mass is 317 g/mol. The molecule has 0 bridgehead atoms. The van der Waals surface area contributed by atoms with Crippen LogP contribution in [0, 0.1) is 13.8 Å². The van der Waals surface area contributed by atoms with Crippen LogP contribution in [0.3, 0.4) is 0 Å². The number of hydrogen-bond acceptors (Lipinski definition) is 3. The minimum absolute atomic E-state index is 0.00214. The highest BCUT2D eigenvalue weighted by atomic mass is 16.2. The number of aryl methyl sites for hydroxylation is 2. The molecule has 1 N–H and O–H groups in total. The number of hydrogen-bond donors (Lipinski definition) is 1. The van der Waals surface area contributed by atoms with Gasteiger partial charge in [-0.15, -0.1) is 0 Å². The Morgan fingerprint density at radius 1 is 1.17 bits per heavy atom. The Balaban J connectivity index is 1.75. The second-order valence-corrected chi connectivity index (χ2v) is 6.57. The van der Waals surface area contributed by atoms with Crippen molar-refractivity contribution in [3.05, 3.63) is 33.2 Å². The highest BCUT2D eigenvalue weighted by molar-refractivity contribution is 5.97. The van der Waals surface area contributed by atoms with Gasteiger partial charge in [-0.1, -0.05) is 12.8 Å². The van der Waals surface area contributed by atoms with Crippen molar-refractivity contribution >= 4 is 11.8 Å². The van der Waals surface area contributed by atoms with E-state index in [-0.39, 0.29) is 29.4 Å². The summed E-state index contributed by atoms with van der Waals surface area (Å²) in [6.07, 6.45) is 4.48. The third kappa shape index (κ3) is 3.02. The van der Waals surface area contributed by atoms with Crippen molar-refractivity contribution in [1.29, 1.82) is 0 Å². The van der Waals surface area contributed by atoms with Gasteiger partial charge in [0.05, 0.1) is 0 Å². The molecule has 1 aromatic rings. The molecule has 2 amide bonds. The molecule has 1 aromatic heterocycles. The number of H-pyrrole nitrogens is 1. The van der Waals surface area contributed by atoms with Crippen LogP contribution in [0.5, 0.6) is 0 Å². The SMILES string of the molecule is Cc1cc(=O)c(C(=O)N2CCN(C3CCCC3)C(=O)C2)c(C)[nH]1. The molecule has 1 saturated heterocycles. The maximum absolute atomic E-state index is 12.7. The normalized spacial score (nSPS) is 19.5. The lowest BCUT2D eigenvalue weighted by Crippen LogP contribution is -2.55. The zero-order valence-corrected chi connectivity index (χ0v) is 13.7. The third-order valence-corrected chi connectivity index (χ3v) is 4.88. The van der Waals surface area contributed by atoms with Gasteiger partial charge in [0.2, 0.25) is 5.91 Å². The highest BCUT2D eigenvalue weighted by Gasteiger charge is 2.34. The van der Waals surface area contributed by atoms with Crippen LogP contribution in [0.4, 0.5) is 0 Å². The van der Waals surface area contributed by atoms with Gasteiger partial charge in [-0.3, -0.25) is 14.4 Å². The van der Waals surface area contributed by atoms with Crippen molar-refractivity contribution in [1.82, 2.24) is 14.8 Å². The Morgan fingerprint density at radius 3 is 2.48 bits per heavy atom. The summed E-state index contributed by atoms with van der Waals surface area (Å²) < 4.78 is 0. The van der Waals surface area contributed by atoms with E-state index < -0.39 is 0 Å². The number of aromatic nitrogens is 1. The lowest BCUT2D eigenvalue weighted by molar-refractivity contribution is -0.137. The minimum atomic E-state index is -0.344. The van der Waals surface area contributed by atoms with Gasteiger partial charge in [-0.2, -0.15) is 0 Å². The molecule has 6 nitrogen and oxygen atoms in total. The number of carbonyl (C=O) groups excluding carboxylic acids is 2. The summed E-state index contributed by atoms with van der Waals surface area (Å²) in [4.78, 5) is 43.6. The van der Waals surface area contributed by atoms with E-state index in [2.05, 4.69) is 4.98 Å². The van der Waals surface area contributed by atoms with E-state index in [9.17, 15) is 14.4 Å². The third-order valence-electron chi connectivity index (χ3n) is 4.88. The number of nitrogens with one attached hydrogen (secondary N) is 1. The van der Waals surface area contributed by atoms with Gasteiger partial charge in [0, 0.05) is 36.6 Å². The van der Waals surface area contributed by atoms with Crippen LogP contribution in [0.2, 0.25) is 0 Å². The number of aromatic amines is 1. The largest absolute Gasteiger partial charge is 0.362 e. The van der Waals surface area contributed by atoms with Crippen LogP contribution in [0.15, 0.2) is 10.9 Å². The molecule has 0 spiro atoms. The highest BCUT2D eigenvalue weighted by Crippen LogP contribution is 2.25. The summed E-state index contributed by atoms with van der Waals surface area (Å²) >= 11 is 0. The molecular weight excluding hydrogens is 294 g/mol. The molecule has 6 heteroatoms. The smallest absolute Gasteiger partial charge is 0.260 e. The summed E-state index contributed by atoms with van der Waals surface area (Å²) in [6, 6.07) is 1.76. The van der Waals surface area contributed by atoms with Crippen LogP contribution in [0.1, 0.15) is 47.4 Å². The van der Waals surface area contributed by atoms with E-state index in [1.54, 1.807) is 13.8 Å². The average molecular weight is 317 g/mol. The second-order valence-electron chi connectivity index (χ2n) is 6.57. The fourth-order valence-electron chi connectivity index (χ4n) is 3.73. The van der Waals surface area contributed by atoms with E-state index in [4.69, 9.17) is 0 Å². The molecule has 124 valence electrons. The van der Waals surface area contributed by atoms with Gasteiger partial charge in [-0.25, -0.2) is 0 Å². The standard InChI is InChI=1S/C17H23N3O3/c1-11-9-14(21)16(12(2)18-11)17(23)19-7-8-20(15(22)10-19)13-5-3-4-6-13/h9,13H,3-8,10H2,1-2H3,(H,18,21). The van der Waals surface area contributed by atoms with Crippen LogP contribution in [-0.2, 0) is 4.79 Å². The number of carbonyl (C=O) groups is 2. The number of amides is 2. The van der Waals surface area contributed by atoms with E-state index in [0.717, 1.165) is 18.5 Å². The number of nitrogens with zero attached hydrogens (tertiary/aromatic N) is 2. The lowest BCUT2D eigenvalue weighted by Gasteiger charge is -2.37. The Morgan fingerprint density at radius 2 is 1.87 bits per heavy atom. The molecular formula is C17H23N3O3. The Labute approximate surface area is 135 Å². The van der Waals surface area contributed by atoms with Crippen LogP contribution in [0.25, 0.3) is 0 Å². The van der Waals surface area contributed by atoms with Gasteiger partial charge in [-0.05, 0) is 26.7 Å². The quantitative estimate of drug-likeness (QED) is 0.891. The number of rotatable bonds is 2. The minimum Gasteiger partial charge on any atom is -0.362 e. The van der Waals surface area contributed by atoms with Crippen molar-refractivity contribution in [2.24, 2.45) is 0 Å². The van der Waals surface area contributed by atoms with Crippen molar-refractivity contribution < 1.29 is 9.59 Å². The zero-order valence-electron chi connectivity index (χ0n) is 13.7. The fourth-order valence-corrected chi connectivity index (χ4v) is 3.73. The predicted molar refractivity (Wildman–Crippen MR) is 86.4 cm³/mol. The predicted octanol–water partition coefficient (Wildman–Crippen LogP) is 1.22. The summed E-state index contributed by atoms with van der Waals surface area (Å²) in [6.45, 7) is 4.64. The van der Waals surface area contributed by atoms with Gasteiger partial charge in [0.15, 0.2) is 5.43 Å². The number of piperazine rings is 1. The van der Waals surface area contributed by atoms with Crippen molar-refractivity contribution in [2.45, 2.75) is 45.6 Å². The molecule has 0 aromatic carbocycles. The fraction of sp³-hybridized carbons (Fsp3) is 0.588. The molecule has 23 heavy (non-hydrogen) atoms. The molecule has 3 rings (SSSR count). The molecule has 1 saturated carbocycles. The van der Waals surface area contributed by atoms with E-state index in [0.29, 0.717) is 24.8 Å². The first-order valence-corrected chi connectivity index (χ1v) is 8.26. The van der Waals surface area contributed by atoms with Gasteiger partial charge in [0.25, 0.3) is 5.91 Å². The van der Waals surface area contributed by atoms with E-state index in [1.165, 1.54) is 23.8 Å². The van der Waals surface area contributed by atoms with E-state index >= 15 is 0 Å². The Kier molecular flexibility index (Phi) is 4.24. The molecule has 2 fully saturated rings. The molecule has 0 atom stereocenters. The zero-order chi connectivity index (χ0) is 16.6.